The number of hydrogen-bond acceptors (Lipinski definition) is 9. The average molecular weight is 451 g/mol. The van der Waals surface area contributed by atoms with Gasteiger partial charge in [0.15, 0.2) is 0 Å². The number of hydrogen-bond donors (Lipinski definition) is 2. The fourth-order valence-electron chi connectivity index (χ4n) is 3.59. The lowest BCUT2D eigenvalue weighted by Gasteiger charge is -2.32. The summed E-state index contributed by atoms with van der Waals surface area (Å²) in [6, 6.07) is 0. The van der Waals surface area contributed by atoms with Crippen molar-refractivity contribution in [3.63, 3.8) is 0 Å². The minimum atomic E-state index is -0.771. The molecule has 9 heteroatoms. The molecule has 0 aromatic heterocycles. The molecular weight excluding hydrogens is 408 g/mol. The summed E-state index contributed by atoms with van der Waals surface area (Å²) < 4.78 is 38.8. The average Bonchev–Trinajstić information content (AvgIpc) is 3.45. The normalized spacial score (nSPS) is 27.7. The molecule has 2 aliphatic rings. The first-order valence-corrected chi connectivity index (χ1v) is 11.4. The van der Waals surface area contributed by atoms with E-state index in [1.807, 2.05) is 27.7 Å². The van der Waals surface area contributed by atoms with E-state index < -0.39 is 23.4 Å². The van der Waals surface area contributed by atoms with Crippen LogP contribution in [0.3, 0.4) is 0 Å². The molecule has 0 bridgehead atoms. The van der Waals surface area contributed by atoms with Crippen LogP contribution in [0.5, 0.6) is 0 Å². The standard InChI is InChI=1S/C22H42O9/c1-5-21(3,31-14-20-13-27-16-29-20)7-17(23)9-25-10-18(24)11-30-22(4,6-2)8-19-12-26-15-28-19/h17-20,23-24H,5-16H2,1-4H3. The Balaban J connectivity index is 1.62. The second-order valence-electron chi connectivity index (χ2n) is 9.04. The van der Waals surface area contributed by atoms with Crippen molar-refractivity contribution < 1.29 is 43.4 Å². The highest BCUT2D eigenvalue weighted by Gasteiger charge is 2.31. The third-order valence-corrected chi connectivity index (χ3v) is 6.07. The Hall–Kier alpha value is -0.360. The lowest BCUT2D eigenvalue weighted by Crippen LogP contribution is -2.38. The smallest absolute Gasteiger partial charge is 0.147 e. The maximum Gasteiger partial charge on any atom is 0.147 e. The van der Waals surface area contributed by atoms with Gasteiger partial charge in [0.1, 0.15) is 25.8 Å². The van der Waals surface area contributed by atoms with Gasteiger partial charge in [-0.3, -0.25) is 0 Å². The van der Waals surface area contributed by atoms with Crippen LogP contribution in [-0.4, -0.2) is 99.1 Å². The molecule has 0 saturated carbocycles. The van der Waals surface area contributed by atoms with Crippen LogP contribution < -0.4 is 0 Å². The third kappa shape index (κ3) is 9.98. The van der Waals surface area contributed by atoms with Gasteiger partial charge in [0.05, 0.1) is 63.1 Å². The van der Waals surface area contributed by atoms with E-state index in [-0.39, 0.29) is 32.0 Å². The van der Waals surface area contributed by atoms with E-state index in [0.717, 1.165) is 12.8 Å². The van der Waals surface area contributed by atoms with Crippen LogP contribution in [0, 0.1) is 0 Å². The molecule has 6 atom stereocenters. The number of rotatable bonds is 16. The topological polar surface area (TPSA) is 105 Å². The van der Waals surface area contributed by atoms with E-state index in [0.29, 0.717) is 46.2 Å². The maximum absolute atomic E-state index is 10.4. The molecular formula is C22H42O9. The molecule has 2 fully saturated rings. The molecule has 6 unspecified atom stereocenters. The second kappa shape index (κ2) is 13.4. The van der Waals surface area contributed by atoms with E-state index in [1.165, 1.54) is 0 Å². The zero-order valence-corrected chi connectivity index (χ0v) is 19.5. The summed E-state index contributed by atoms with van der Waals surface area (Å²) >= 11 is 0. The molecule has 0 aliphatic carbocycles. The molecule has 0 amide bonds. The molecule has 2 aliphatic heterocycles. The van der Waals surface area contributed by atoms with Gasteiger partial charge in [-0.25, -0.2) is 0 Å². The van der Waals surface area contributed by atoms with Gasteiger partial charge >= 0.3 is 0 Å². The summed E-state index contributed by atoms with van der Waals surface area (Å²) in [6.07, 6.45) is 1.19. The van der Waals surface area contributed by atoms with Gasteiger partial charge in [0.2, 0.25) is 0 Å². The van der Waals surface area contributed by atoms with Gasteiger partial charge in [0, 0.05) is 12.8 Å². The molecule has 31 heavy (non-hydrogen) atoms. The van der Waals surface area contributed by atoms with E-state index >= 15 is 0 Å². The minimum Gasteiger partial charge on any atom is -0.391 e. The number of ether oxygens (including phenoxy) is 7. The van der Waals surface area contributed by atoms with Gasteiger partial charge < -0.3 is 43.4 Å². The van der Waals surface area contributed by atoms with Crippen LogP contribution in [0.4, 0.5) is 0 Å². The van der Waals surface area contributed by atoms with Crippen LogP contribution in [0.25, 0.3) is 0 Å². The highest BCUT2D eigenvalue weighted by Crippen LogP contribution is 2.26. The summed E-state index contributed by atoms with van der Waals surface area (Å²) in [5.41, 5.74) is -0.876. The predicted molar refractivity (Wildman–Crippen MR) is 113 cm³/mol. The first kappa shape index (κ1) is 26.9. The minimum absolute atomic E-state index is 0.0244. The molecule has 0 aromatic carbocycles. The fraction of sp³-hybridized carbons (Fsp3) is 1.00. The monoisotopic (exact) mass is 450 g/mol. The molecule has 2 saturated heterocycles. The predicted octanol–water partition coefficient (Wildman–Crippen LogP) is 1.62. The Morgan fingerprint density at radius 3 is 2.03 bits per heavy atom. The highest BCUT2D eigenvalue weighted by atomic mass is 16.7. The SMILES string of the molecule is CCC(C)(CC(O)COCC(O)COC(C)(CC)CC1COCO1)OCC1COCO1. The zero-order valence-electron chi connectivity index (χ0n) is 19.5. The Morgan fingerprint density at radius 1 is 0.839 bits per heavy atom. The van der Waals surface area contributed by atoms with E-state index in [4.69, 9.17) is 33.2 Å². The van der Waals surface area contributed by atoms with Crippen molar-refractivity contribution in [3.05, 3.63) is 0 Å². The van der Waals surface area contributed by atoms with Gasteiger partial charge in [-0.1, -0.05) is 13.8 Å². The number of aliphatic hydroxyl groups is 2. The van der Waals surface area contributed by atoms with Crippen LogP contribution in [0.2, 0.25) is 0 Å². The molecule has 0 spiro atoms. The second-order valence-corrected chi connectivity index (χ2v) is 9.04. The van der Waals surface area contributed by atoms with Gasteiger partial charge in [-0.2, -0.15) is 0 Å². The summed E-state index contributed by atoms with van der Waals surface area (Å²) in [5.74, 6) is 0. The van der Waals surface area contributed by atoms with Gasteiger partial charge in [-0.05, 0) is 26.7 Å². The van der Waals surface area contributed by atoms with Crippen LogP contribution in [0.1, 0.15) is 53.4 Å². The Bertz CT molecular complexity index is 482. The first-order valence-electron chi connectivity index (χ1n) is 11.4. The molecule has 184 valence electrons. The van der Waals surface area contributed by atoms with Gasteiger partial charge in [-0.15, -0.1) is 0 Å². The Kier molecular flexibility index (Phi) is 11.6. The Morgan fingerprint density at radius 2 is 1.45 bits per heavy atom. The summed E-state index contributed by atoms with van der Waals surface area (Å²) in [5, 5.41) is 20.6. The lowest BCUT2D eigenvalue weighted by molar-refractivity contribution is -0.118. The van der Waals surface area contributed by atoms with Crippen LogP contribution >= 0.6 is 0 Å². The van der Waals surface area contributed by atoms with Crippen LogP contribution in [-0.2, 0) is 33.2 Å². The molecule has 0 radical (unpaired) electrons. The van der Waals surface area contributed by atoms with Gasteiger partial charge in [0.25, 0.3) is 0 Å². The van der Waals surface area contributed by atoms with E-state index in [9.17, 15) is 10.2 Å². The highest BCUT2D eigenvalue weighted by molar-refractivity contribution is 4.80. The molecule has 2 N–H and O–H groups in total. The zero-order chi connectivity index (χ0) is 22.7. The molecule has 2 heterocycles. The largest absolute Gasteiger partial charge is 0.391 e. The van der Waals surface area contributed by atoms with Crippen molar-refractivity contribution in [3.8, 4) is 0 Å². The maximum atomic E-state index is 10.4. The molecule has 0 aromatic rings. The van der Waals surface area contributed by atoms with E-state index in [2.05, 4.69) is 0 Å². The van der Waals surface area contributed by atoms with E-state index in [1.54, 1.807) is 0 Å². The van der Waals surface area contributed by atoms with Crippen molar-refractivity contribution >= 4 is 0 Å². The molecule has 9 nitrogen and oxygen atoms in total. The Labute approximate surface area is 186 Å². The fourth-order valence-corrected chi connectivity index (χ4v) is 3.59. The van der Waals surface area contributed by atoms with Crippen LogP contribution in [0.15, 0.2) is 0 Å². The quantitative estimate of drug-likeness (QED) is 0.363. The summed E-state index contributed by atoms with van der Waals surface area (Å²) in [6.45, 7) is 10.6. The third-order valence-electron chi connectivity index (χ3n) is 6.07. The molecule has 2 rings (SSSR count). The van der Waals surface area contributed by atoms with Crippen molar-refractivity contribution in [2.45, 2.75) is 89.0 Å². The van der Waals surface area contributed by atoms with Crippen molar-refractivity contribution in [1.29, 1.82) is 0 Å². The summed E-state index contributed by atoms with van der Waals surface area (Å²) in [4.78, 5) is 0. The first-order chi connectivity index (χ1) is 14.8. The lowest BCUT2D eigenvalue weighted by atomic mass is 9.95. The van der Waals surface area contributed by atoms with Crippen molar-refractivity contribution in [2.75, 3.05) is 53.2 Å². The van der Waals surface area contributed by atoms with Crippen molar-refractivity contribution in [2.24, 2.45) is 0 Å². The summed E-state index contributed by atoms with van der Waals surface area (Å²) in [7, 11) is 0. The van der Waals surface area contributed by atoms with Crippen molar-refractivity contribution in [1.82, 2.24) is 0 Å². The number of aliphatic hydroxyl groups excluding tert-OH is 2.